The standard InChI is InChI=1S/C16H18ClN3.C16H19N3O.C12H18BNO2.C4H2Cl2N2.C2H4O2/c1-12-11-13(14-6-8-16(17)19-18-14)5-7-15(12)20-9-3-2-4-10-20;1-12-11-13(14-6-8-16(20)18-17-14)5-7-15(12)19-9-3-2-4-10-19;1-10-9-11(13(15)16)5-6-12(10)14-7-3-2-4-8-14;5-3-1-2-4(6)8-7-3;1-2(3)4/h5-8,11H,2-4,9-10H2,1H3;5-8,11H,2-4,9-10H2,1H3,(H,18,20);5-6,9,15-16H,2-4,7-8H2,1H3;1-2H;1H3,(H,3,4). The number of aryl methyl sites for hydroxylation is 3. The number of carboxylic acid groups (broad SMARTS) is 1. The van der Waals surface area contributed by atoms with Gasteiger partial charge in [0.2, 0.25) is 0 Å². The Kier molecular flexibility index (Phi) is 21.5. The molecule has 14 nitrogen and oxygen atoms in total. The first-order valence-corrected chi connectivity index (χ1v) is 24.1. The summed E-state index contributed by atoms with van der Waals surface area (Å²) in [6.07, 6.45) is 11.7. The number of piperidine rings is 3. The zero-order valence-electron chi connectivity index (χ0n) is 39.2. The molecule has 360 valence electrons. The summed E-state index contributed by atoms with van der Waals surface area (Å²) < 4.78 is 0. The summed E-state index contributed by atoms with van der Waals surface area (Å²) in [5.41, 5.74) is 11.8. The number of aromatic nitrogens is 6. The van der Waals surface area contributed by atoms with E-state index in [2.05, 4.69) is 95.5 Å². The summed E-state index contributed by atoms with van der Waals surface area (Å²) in [6, 6.07) is 28.7. The van der Waals surface area contributed by atoms with Gasteiger partial charge in [-0.05, 0) is 161 Å². The van der Waals surface area contributed by atoms with Crippen LogP contribution in [0.1, 0.15) is 81.4 Å². The molecule has 0 amide bonds. The third kappa shape index (κ3) is 17.2. The van der Waals surface area contributed by atoms with Crippen molar-refractivity contribution in [1.29, 1.82) is 0 Å². The second-order valence-electron chi connectivity index (χ2n) is 16.8. The highest BCUT2D eigenvalue weighted by Gasteiger charge is 2.18. The van der Waals surface area contributed by atoms with Crippen LogP contribution in [0.5, 0.6) is 0 Å². The predicted molar refractivity (Wildman–Crippen MR) is 277 cm³/mol. The molecule has 6 aromatic rings. The van der Waals surface area contributed by atoms with Crippen molar-refractivity contribution >= 4 is 70.4 Å². The minimum atomic E-state index is -1.37. The highest BCUT2D eigenvalue weighted by Crippen LogP contribution is 2.30. The number of nitrogens with one attached hydrogen (secondary N) is 1. The molecular weight excluding hydrogens is 924 g/mol. The van der Waals surface area contributed by atoms with E-state index in [4.69, 9.17) is 54.8 Å². The van der Waals surface area contributed by atoms with E-state index < -0.39 is 13.1 Å². The molecule has 3 saturated heterocycles. The number of aromatic amines is 1. The van der Waals surface area contributed by atoms with Crippen LogP contribution in [0.4, 0.5) is 17.1 Å². The van der Waals surface area contributed by atoms with E-state index >= 15 is 0 Å². The van der Waals surface area contributed by atoms with Crippen LogP contribution in [0.25, 0.3) is 22.5 Å². The summed E-state index contributed by atoms with van der Waals surface area (Å²) >= 11 is 16.5. The Morgan fingerprint density at radius 2 is 0.897 bits per heavy atom. The van der Waals surface area contributed by atoms with E-state index in [1.807, 2.05) is 25.1 Å². The zero-order chi connectivity index (χ0) is 49.0. The summed E-state index contributed by atoms with van der Waals surface area (Å²) in [5, 5.41) is 48.3. The number of hydrogen-bond acceptors (Lipinski definition) is 12. The topological polar surface area (TPSA) is 185 Å². The van der Waals surface area contributed by atoms with E-state index in [1.54, 1.807) is 30.3 Å². The molecular formula is C50H61BCl3N9O5. The number of aliphatic carboxylic acids is 1. The van der Waals surface area contributed by atoms with Gasteiger partial charge in [0.05, 0.1) is 11.4 Å². The van der Waals surface area contributed by atoms with Crippen LogP contribution in [0.2, 0.25) is 15.5 Å². The summed E-state index contributed by atoms with van der Waals surface area (Å²) in [5.74, 6) is -0.833. The molecule has 3 aromatic carbocycles. The molecule has 0 unspecified atom stereocenters. The molecule has 3 aliphatic heterocycles. The van der Waals surface area contributed by atoms with Gasteiger partial charge in [0, 0.05) is 80.4 Å². The number of halogens is 3. The molecule has 0 radical (unpaired) electrons. The fourth-order valence-electron chi connectivity index (χ4n) is 8.21. The second kappa shape index (κ2) is 27.4. The number of rotatable bonds is 6. The second-order valence-corrected chi connectivity index (χ2v) is 18.0. The minimum absolute atomic E-state index is 0.171. The van der Waals surface area contributed by atoms with Gasteiger partial charge in [0.15, 0.2) is 15.5 Å². The van der Waals surface area contributed by atoms with Gasteiger partial charge < -0.3 is 29.9 Å². The Hall–Kier alpha value is -5.58. The summed E-state index contributed by atoms with van der Waals surface area (Å²) in [6.45, 7) is 14.3. The van der Waals surface area contributed by atoms with Gasteiger partial charge in [-0.25, -0.2) is 5.10 Å². The van der Waals surface area contributed by atoms with Gasteiger partial charge in [0.25, 0.3) is 11.5 Å². The minimum Gasteiger partial charge on any atom is -0.481 e. The third-order valence-electron chi connectivity index (χ3n) is 11.5. The number of H-pyrrole nitrogens is 1. The number of hydrogen-bond donors (Lipinski definition) is 4. The maximum Gasteiger partial charge on any atom is 0.488 e. The molecule has 0 atom stereocenters. The Bertz CT molecular complexity index is 2510. The highest BCUT2D eigenvalue weighted by molar-refractivity contribution is 6.58. The van der Waals surface area contributed by atoms with E-state index in [9.17, 15) is 4.79 Å². The highest BCUT2D eigenvalue weighted by atomic mass is 35.5. The van der Waals surface area contributed by atoms with Crippen LogP contribution >= 0.6 is 34.8 Å². The first-order valence-electron chi connectivity index (χ1n) is 23.0. The maximum absolute atomic E-state index is 11.1. The number of nitrogens with zero attached hydrogens (tertiary/aromatic N) is 8. The number of carboxylic acids is 1. The van der Waals surface area contributed by atoms with Gasteiger partial charge in [-0.2, -0.15) is 5.10 Å². The van der Waals surface area contributed by atoms with Gasteiger partial charge in [-0.15, -0.1) is 20.4 Å². The first kappa shape index (κ1) is 53.4. The lowest BCUT2D eigenvalue weighted by Gasteiger charge is -2.30. The normalized spacial score (nSPS) is 14.3. The van der Waals surface area contributed by atoms with Crippen LogP contribution < -0.4 is 25.7 Å². The van der Waals surface area contributed by atoms with Crippen LogP contribution in [-0.4, -0.2) is 98.1 Å². The number of benzene rings is 3. The summed E-state index contributed by atoms with van der Waals surface area (Å²) in [4.78, 5) is 27.4. The largest absolute Gasteiger partial charge is 0.488 e. The molecule has 0 aliphatic carbocycles. The molecule has 18 heteroatoms. The van der Waals surface area contributed by atoms with Crippen molar-refractivity contribution in [3.05, 3.63) is 133 Å². The lowest BCUT2D eigenvalue weighted by atomic mass is 9.79. The van der Waals surface area contributed by atoms with Crippen molar-refractivity contribution in [2.45, 2.75) is 85.5 Å². The third-order valence-corrected chi connectivity index (χ3v) is 12.1. The molecule has 9 rings (SSSR count). The molecule has 3 aliphatic rings. The summed E-state index contributed by atoms with van der Waals surface area (Å²) in [7, 11) is -1.37. The van der Waals surface area contributed by atoms with Crippen LogP contribution in [0.15, 0.2) is 95.8 Å². The fourth-order valence-corrected chi connectivity index (χ4v) is 8.52. The van der Waals surface area contributed by atoms with Crippen molar-refractivity contribution in [3.63, 3.8) is 0 Å². The van der Waals surface area contributed by atoms with Crippen molar-refractivity contribution in [2.75, 3.05) is 54.0 Å². The molecule has 4 N–H and O–H groups in total. The van der Waals surface area contributed by atoms with Crippen LogP contribution in [0, 0.1) is 20.8 Å². The van der Waals surface area contributed by atoms with Crippen LogP contribution in [-0.2, 0) is 4.79 Å². The Balaban J connectivity index is 0.000000171. The van der Waals surface area contributed by atoms with Crippen molar-refractivity contribution in [1.82, 2.24) is 30.6 Å². The zero-order valence-corrected chi connectivity index (χ0v) is 41.5. The number of carbonyl (C=O) groups is 1. The van der Waals surface area contributed by atoms with Gasteiger partial charge >= 0.3 is 7.12 Å². The fraction of sp³-hybridized carbons (Fsp3) is 0.380. The molecule has 3 aromatic heterocycles. The van der Waals surface area contributed by atoms with Crippen LogP contribution in [0.3, 0.4) is 0 Å². The monoisotopic (exact) mass is 983 g/mol. The van der Waals surface area contributed by atoms with Crippen molar-refractivity contribution in [2.24, 2.45) is 0 Å². The van der Waals surface area contributed by atoms with E-state index in [1.165, 1.54) is 105 Å². The smallest absolute Gasteiger partial charge is 0.481 e. The SMILES string of the molecule is CC(=O)O.Cc1cc(-c2ccc(=O)[nH]n2)ccc1N1CCCCC1.Cc1cc(-c2ccc(Cl)nn2)ccc1N1CCCCC1.Cc1cc(B(O)O)ccc1N1CCCCC1.Clc1ccc(Cl)nn1. The quantitative estimate of drug-likeness (QED) is 0.116. The lowest BCUT2D eigenvalue weighted by Crippen LogP contribution is -2.33. The Morgan fingerprint density at radius 3 is 1.24 bits per heavy atom. The maximum atomic E-state index is 11.1. The Morgan fingerprint density at radius 1 is 0.529 bits per heavy atom. The van der Waals surface area contributed by atoms with Crippen molar-refractivity contribution in [3.8, 4) is 22.5 Å². The lowest BCUT2D eigenvalue weighted by molar-refractivity contribution is -0.134. The average Bonchev–Trinajstić information content (AvgIpc) is 3.34. The molecule has 0 spiro atoms. The van der Waals surface area contributed by atoms with E-state index in [0.717, 1.165) is 61.2 Å². The van der Waals surface area contributed by atoms with E-state index in [0.29, 0.717) is 20.9 Å². The molecule has 0 bridgehead atoms. The first-order chi connectivity index (χ1) is 32.7. The molecule has 3 fully saturated rings. The van der Waals surface area contributed by atoms with Crippen molar-refractivity contribution < 1.29 is 19.9 Å². The average molecular weight is 985 g/mol. The predicted octanol–water partition coefficient (Wildman–Crippen LogP) is 9.37. The number of anilines is 3. The van der Waals surface area contributed by atoms with Gasteiger partial charge in [0.1, 0.15) is 0 Å². The Labute approximate surface area is 414 Å². The molecule has 68 heavy (non-hydrogen) atoms. The van der Waals surface area contributed by atoms with Gasteiger partial charge in [-0.1, -0.05) is 59.1 Å². The van der Waals surface area contributed by atoms with E-state index in [-0.39, 0.29) is 5.56 Å². The van der Waals surface area contributed by atoms with Gasteiger partial charge in [-0.3, -0.25) is 9.59 Å². The molecule has 0 saturated carbocycles. The molecule has 6 heterocycles.